The summed E-state index contributed by atoms with van der Waals surface area (Å²) >= 11 is 0. The van der Waals surface area contributed by atoms with Gasteiger partial charge in [-0.25, -0.2) is 0 Å². The molecule has 1 heterocycles. The summed E-state index contributed by atoms with van der Waals surface area (Å²) in [6.07, 6.45) is 2.06. The molecule has 0 aliphatic carbocycles. The standard InChI is InChI=1S/C13H28N2O2/c1-3-4-12(2)10-17-11-13(16)9-15-7-5-14-6-8-15/h12-14,16H,3-11H2,1-2H3. The van der Waals surface area contributed by atoms with Crippen molar-refractivity contribution in [2.24, 2.45) is 5.92 Å². The van der Waals surface area contributed by atoms with Gasteiger partial charge in [0.1, 0.15) is 0 Å². The van der Waals surface area contributed by atoms with Crippen molar-refractivity contribution < 1.29 is 9.84 Å². The van der Waals surface area contributed by atoms with E-state index in [-0.39, 0.29) is 6.10 Å². The van der Waals surface area contributed by atoms with Crippen LogP contribution in [0.5, 0.6) is 0 Å². The highest BCUT2D eigenvalue weighted by molar-refractivity contribution is 4.70. The second-order valence-corrected chi connectivity index (χ2v) is 5.14. The number of β-amino-alcohol motifs (C(OH)–C–C–N with tert-alkyl or cyclic N) is 1. The first kappa shape index (κ1) is 14.9. The monoisotopic (exact) mass is 244 g/mol. The summed E-state index contributed by atoms with van der Waals surface area (Å²) in [5.74, 6) is 0.603. The van der Waals surface area contributed by atoms with Crippen LogP contribution >= 0.6 is 0 Å². The molecular formula is C13H28N2O2. The third-order valence-electron chi connectivity index (χ3n) is 3.17. The fourth-order valence-corrected chi connectivity index (χ4v) is 2.23. The quantitative estimate of drug-likeness (QED) is 0.660. The van der Waals surface area contributed by atoms with Crippen LogP contribution in [-0.2, 0) is 4.74 Å². The summed E-state index contributed by atoms with van der Waals surface area (Å²) in [7, 11) is 0. The van der Waals surface area contributed by atoms with Crippen molar-refractivity contribution >= 4 is 0 Å². The maximum Gasteiger partial charge on any atom is 0.0900 e. The Morgan fingerprint density at radius 2 is 2.00 bits per heavy atom. The van der Waals surface area contributed by atoms with Crippen LogP contribution in [0.1, 0.15) is 26.7 Å². The Bertz CT molecular complexity index is 184. The molecule has 0 spiro atoms. The summed E-state index contributed by atoms with van der Waals surface area (Å²) < 4.78 is 5.56. The minimum Gasteiger partial charge on any atom is -0.389 e. The topological polar surface area (TPSA) is 44.7 Å². The largest absolute Gasteiger partial charge is 0.389 e. The van der Waals surface area contributed by atoms with Gasteiger partial charge in [-0.1, -0.05) is 20.3 Å². The summed E-state index contributed by atoms with van der Waals surface area (Å²) in [5, 5.41) is 13.2. The number of aliphatic hydroxyl groups excluding tert-OH is 1. The van der Waals surface area contributed by atoms with E-state index in [0.29, 0.717) is 12.5 Å². The molecule has 1 aliphatic rings. The molecule has 0 aromatic rings. The van der Waals surface area contributed by atoms with E-state index < -0.39 is 0 Å². The minimum absolute atomic E-state index is 0.345. The number of nitrogens with zero attached hydrogens (tertiary/aromatic N) is 1. The predicted molar refractivity (Wildman–Crippen MR) is 70.2 cm³/mol. The van der Waals surface area contributed by atoms with Gasteiger partial charge in [-0.05, 0) is 12.3 Å². The van der Waals surface area contributed by atoms with Gasteiger partial charge in [0.25, 0.3) is 0 Å². The van der Waals surface area contributed by atoms with Gasteiger partial charge >= 0.3 is 0 Å². The number of ether oxygens (including phenoxy) is 1. The fraction of sp³-hybridized carbons (Fsp3) is 1.00. The van der Waals surface area contributed by atoms with Gasteiger partial charge in [-0.15, -0.1) is 0 Å². The number of aliphatic hydroxyl groups is 1. The number of nitrogens with one attached hydrogen (secondary N) is 1. The zero-order valence-corrected chi connectivity index (χ0v) is 11.3. The van der Waals surface area contributed by atoms with Crippen molar-refractivity contribution in [3.8, 4) is 0 Å². The molecule has 0 amide bonds. The maximum atomic E-state index is 9.86. The highest BCUT2D eigenvalue weighted by atomic mass is 16.5. The molecule has 4 heteroatoms. The second-order valence-electron chi connectivity index (χ2n) is 5.14. The lowest BCUT2D eigenvalue weighted by molar-refractivity contribution is 0.00405. The van der Waals surface area contributed by atoms with E-state index in [1.54, 1.807) is 0 Å². The molecule has 1 rings (SSSR count). The van der Waals surface area contributed by atoms with Crippen molar-refractivity contribution in [1.82, 2.24) is 10.2 Å². The molecule has 1 saturated heterocycles. The molecule has 2 N–H and O–H groups in total. The van der Waals surface area contributed by atoms with Crippen LogP contribution in [0, 0.1) is 5.92 Å². The highest BCUT2D eigenvalue weighted by Gasteiger charge is 2.14. The molecule has 2 atom stereocenters. The van der Waals surface area contributed by atoms with Gasteiger partial charge in [0.05, 0.1) is 12.7 Å². The van der Waals surface area contributed by atoms with E-state index in [1.807, 2.05) is 0 Å². The number of rotatable bonds is 8. The summed E-state index contributed by atoms with van der Waals surface area (Å²) in [4.78, 5) is 2.29. The molecule has 4 nitrogen and oxygen atoms in total. The van der Waals surface area contributed by atoms with Crippen LogP contribution in [-0.4, -0.2) is 62.0 Å². The fourth-order valence-electron chi connectivity index (χ4n) is 2.23. The van der Waals surface area contributed by atoms with Crippen LogP contribution in [0.3, 0.4) is 0 Å². The van der Waals surface area contributed by atoms with E-state index in [0.717, 1.165) is 39.3 Å². The van der Waals surface area contributed by atoms with Crippen molar-refractivity contribution in [2.75, 3.05) is 45.9 Å². The Kier molecular flexibility index (Phi) is 7.77. The van der Waals surface area contributed by atoms with Crippen LogP contribution in [0.15, 0.2) is 0 Å². The Morgan fingerprint density at radius 3 is 2.65 bits per heavy atom. The normalized spacial score (nSPS) is 21.4. The number of hydrogen-bond acceptors (Lipinski definition) is 4. The molecule has 2 unspecified atom stereocenters. The van der Waals surface area contributed by atoms with Crippen LogP contribution < -0.4 is 5.32 Å². The zero-order chi connectivity index (χ0) is 12.5. The van der Waals surface area contributed by atoms with Gasteiger partial charge < -0.3 is 15.2 Å². The number of piperazine rings is 1. The first-order chi connectivity index (χ1) is 8.22. The number of hydrogen-bond donors (Lipinski definition) is 2. The lowest BCUT2D eigenvalue weighted by atomic mass is 10.1. The zero-order valence-electron chi connectivity index (χ0n) is 11.3. The molecule has 0 aromatic heterocycles. The third-order valence-corrected chi connectivity index (χ3v) is 3.17. The molecule has 17 heavy (non-hydrogen) atoms. The smallest absolute Gasteiger partial charge is 0.0900 e. The van der Waals surface area contributed by atoms with E-state index in [4.69, 9.17) is 4.74 Å². The maximum absolute atomic E-state index is 9.86. The Morgan fingerprint density at radius 1 is 1.29 bits per heavy atom. The average Bonchev–Trinajstić information content (AvgIpc) is 2.30. The van der Waals surface area contributed by atoms with Crippen molar-refractivity contribution in [3.05, 3.63) is 0 Å². The van der Waals surface area contributed by atoms with Crippen molar-refractivity contribution in [2.45, 2.75) is 32.8 Å². The van der Waals surface area contributed by atoms with E-state index in [9.17, 15) is 5.11 Å². The molecule has 0 saturated carbocycles. The van der Waals surface area contributed by atoms with Crippen LogP contribution in [0.25, 0.3) is 0 Å². The molecule has 102 valence electrons. The van der Waals surface area contributed by atoms with Gasteiger partial charge in [0, 0.05) is 39.3 Å². The summed E-state index contributed by atoms with van der Waals surface area (Å²) in [6.45, 7) is 10.5. The SMILES string of the molecule is CCCC(C)COCC(O)CN1CCNCC1. The lowest BCUT2D eigenvalue weighted by Gasteiger charge is -2.29. The van der Waals surface area contributed by atoms with Gasteiger partial charge in [-0.3, -0.25) is 4.90 Å². The molecule has 1 fully saturated rings. The summed E-state index contributed by atoms with van der Waals surface area (Å²) in [6, 6.07) is 0. The minimum atomic E-state index is -0.345. The Balaban J connectivity index is 2.02. The van der Waals surface area contributed by atoms with Gasteiger partial charge in [-0.2, -0.15) is 0 Å². The first-order valence-electron chi connectivity index (χ1n) is 6.91. The molecule has 0 radical (unpaired) electrons. The van der Waals surface area contributed by atoms with Crippen molar-refractivity contribution in [3.63, 3.8) is 0 Å². The molecule has 0 bridgehead atoms. The van der Waals surface area contributed by atoms with Crippen LogP contribution in [0.2, 0.25) is 0 Å². The van der Waals surface area contributed by atoms with Gasteiger partial charge in [0.15, 0.2) is 0 Å². The molecule has 0 aromatic carbocycles. The summed E-state index contributed by atoms with van der Waals surface area (Å²) in [5.41, 5.74) is 0. The predicted octanol–water partition coefficient (Wildman–Crippen LogP) is 0.705. The Hall–Kier alpha value is -0.160. The van der Waals surface area contributed by atoms with Crippen molar-refractivity contribution in [1.29, 1.82) is 0 Å². The Labute approximate surface area is 105 Å². The lowest BCUT2D eigenvalue weighted by Crippen LogP contribution is -2.47. The molecule has 1 aliphatic heterocycles. The highest BCUT2D eigenvalue weighted by Crippen LogP contribution is 2.05. The van der Waals surface area contributed by atoms with Crippen LogP contribution in [0.4, 0.5) is 0 Å². The van der Waals surface area contributed by atoms with E-state index in [1.165, 1.54) is 12.8 Å². The first-order valence-corrected chi connectivity index (χ1v) is 6.91. The third kappa shape index (κ3) is 6.99. The van der Waals surface area contributed by atoms with Gasteiger partial charge in [0.2, 0.25) is 0 Å². The van der Waals surface area contributed by atoms with E-state index >= 15 is 0 Å². The molecular weight excluding hydrogens is 216 g/mol. The van der Waals surface area contributed by atoms with E-state index in [2.05, 4.69) is 24.1 Å². The average molecular weight is 244 g/mol. The second kappa shape index (κ2) is 8.86.